The molecule has 3 aromatic rings. The maximum Gasteiger partial charge on any atom is 0.309 e. The predicted molar refractivity (Wildman–Crippen MR) is 123 cm³/mol. The van der Waals surface area contributed by atoms with Crippen LogP contribution in [-0.4, -0.2) is 28.3 Å². The zero-order chi connectivity index (χ0) is 22.7. The topological polar surface area (TPSA) is 59.4 Å². The number of nitrogens with zero attached hydrogens (tertiary/aromatic N) is 1. The van der Waals surface area contributed by atoms with Crippen LogP contribution in [0, 0.1) is 5.82 Å². The van der Waals surface area contributed by atoms with E-state index in [4.69, 9.17) is 9.72 Å². The Morgan fingerprint density at radius 1 is 1.09 bits per heavy atom. The molecule has 0 radical (unpaired) electrons. The Kier molecular flexibility index (Phi) is 6.47. The maximum atomic E-state index is 13.5. The number of hydrogen-bond donors (Lipinski definition) is 1. The highest BCUT2D eigenvalue weighted by atomic mass is 19.1. The Balaban J connectivity index is 1.84. The van der Waals surface area contributed by atoms with E-state index in [-0.39, 0.29) is 18.2 Å². The van der Waals surface area contributed by atoms with Crippen LogP contribution in [-0.2, 0) is 9.53 Å². The monoisotopic (exact) mass is 431 g/mol. The maximum absolute atomic E-state index is 13.5. The van der Waals surface area contributed by atoms with Crippen molar-refractivity contribution >= 4 is 12.0 Å². The van der Waals surface area contributed by atoms with Gasteiger partial charge in [-0.3, -0.25) is 4.79 Å². The molecule has 2 heterocycles. The second kappa shape index (κ2) is 9.45. The van der Waals surface area contributed by atoms with E-state index in [1.165, 1.54) is 12.1 Å². The number of hydrogen-bond acceptors (Lipinski definition) is 4. The number of esters is 1. The molecule has 1 aliphatic heterocycles. The Morgan fingerprint density at radius 2 is 1.81 bits per heavy atom. The fourth-order valence-corrected chi connectivity index (χ4v) is 3.94. The van der Waals surface area contributed by atoms with E-state index in [0.717, 1.165) is 33.6 Å². The zero-order valence-corrected chi connectivity index (χ0v) is 18.2. The van der Waals surface area contributed by atoms with Crippen LogP contribution < -0.4 is 0 Å². The van der Waals surface area contributed by atoms with E-state index in [2.05, 4.69) is 13.8 Å². The van der Waals surface area contributed by atoms with Crippen LogP contribution in [0.4, 0.5) is 4.39 Å². The van der Waals surface area contributed by atoms with Crippen molar-refractivity contribution in [2.24, 2.45) is 0 Å². The van der Waals surface area contributed by atoms with Crippen LogP contribution in [0.2, 0.25) is 0 Å². The van der Waals surface area contributed by atoms with Crippen molar-refractivity contribution in [3.63, 3.8) is 0 Å². The Labute approximate surface area is 187 Å². The Hall–Kier alpha value is -3.31. The minimum atomic E-state index is -0.692. The molecule has 1 N–H and O–H groups in total. The van der Waals surface area contributed by atoms with Crippen LogP contribution in [0.5, 0.6) is 0 Å². The third-order valence-corrected chi connectivity index (χ3v) is 5.57. The second-order valence-electron chi connectivity index (χ2n) is 8.37. The standard InChI is InChI=1S/C27H26FNO3/c1-17(2)24-16-25(18-8-10-20(28)11-9-18)29-27(19-6-4-3-5-7-19)23(24)13-12-22-14-21(30)15-26(31)32-22/h3-13,16-17,21-22,30H,14-15H2,1-2H3/b13-12+/t21-,22-/m1/s1. The van der Waals surface area contributed by atoms with Crippen LogP contribution in [0.15, 0.2) is 66.7 Å². The largest absolute Gasteiger partial charge is 0.458 e. The van der Waals surface area contributed by atoms with Crippen molar-refractivity contribution < 1.29 is 19.0 Å². The molecule has 5 heteroatoms. The summed E-state index contributed by atoms with van der Waals surface area (Å²) in [5.41, 5.74) is 5.38. The first-order valence-corrected chi connectivity index (χ1v) is 10.8. The summed E-state index contributed by atoms with van der Waals surface area (Å²) >= 11 is 0. The number of aromatic nitrogens is 1. The first-order chi connectivity index (χ1) is 15.4. The minimum absolute atomic E-state index is 0.0325. The lowest BCUT2D eigenvalue weighted by Crippen LogP contribution is -2.31. The second-order valence-corrected chi connectivity index (χ2v) is 8.37. The third kappa shape index (κ3) is 4.94. The number of carbonyl (C=O) groups excluding carboxylic acids is 1. The lowest BCUT2D eigenvalue weighted by Gasteiger charge is -2.24. The first-order valence-electron chi connectivity index (χ1n) is 10.8. The number of pyridine rings is 1. The van der Waals surface area contributed by atoms with Gasteiger partial charge in [-0.05, 0) is 47.9 Å². The Bertz CT molecular complexity index is 1120. The fourth-order valence-electron chi connectivity index (χ4n) is 3.94. The molecule has 0 amide bonds. The summed E-state index contributed by atoms with van der Waals surface area (Å²) in [7, 11) is 0. The van der Waals surface area contributed by atoms with Gasteiger partial charge >= 0.3 is 5.97 Å². The van der Waals surface area contributed by atoms with Crippen LogP contribution in [0.3, 0.4) is 0 Å². The number of aliphatic hydroxyl groups excluding tert-OH is 1. The Morgan fingerprint density at radius 3 is 2.47 bits per heavy atom. The number of aliphatic hydroxyl groups is 1. The number of rotatable bonds is 5. The SMILES string of the molecule is CC(C)c1cc(-c2ccc(F)cc2)nc(-c2ccccc2)c1/C=C/[C@@H]1C[C@@H](O)CC(=O)O1. The molecule has 0 unspecified atom stereocenters. The summed E-state index contributed by atoms with van der Waals surface area (Å²) in [6.07, 6.45) is 3.00. The molecule has 1 fully saturated rings. The molecule has 2 atom stereocenters. The molecule has 4 nitrogen and oxygen atoms in total. The van der Waals surface area contributed by atoms with Crippen molar-refractivity contribution in [2.75, 3.05) is 0 Å². The van der Waals surface area contributed by atoms with Crippen molar-refractivity contribution in [1.82, 2.24) is 4.98 Å². The molecule has 0 saturated carbocycles. The van der Waals surface area contributed by atoms with Gasteiger partial charge in [-0.2, -0.15) is 0 Å². The number of carbonyl (C=O) groups is 1. The van der Waals surface area contributed by atoms with Gasteiger partial charge in [0.05, 0.1) is 23.9 Å². The molecule has 4 rings (SSSR count). The van der Waals surface area contributed by atoms with Crippen molar-refractivity contribution in [1.29, 1.82) is 0 Å². The van der Waals surface area contributed by atoms with Crippen LogP contribution >= 0.6 is 0 Å². The number of benzene rings is 2. The van der Waals surface area contributed by atoms with Gasteiger partial charge in [0.2, 0.25) is 0 Å². The lowest BCUT2D eigenvalue weighted by atomic mass is 9.91. The number of halogens is 1. The van der Waals surface area contributed by atoms with Gasteiger partial charge in [0.15, 0.2) is 0 Å². The predicted octanol–water partition coefficient (Wildman–Crippen LogP) is 5.76. The van der Waals surface area contributed by atoms with E-state index in [1.807, 2.05) is 48.6 Å². The molecule has 0 aliphatic carbocycles. The summed E-state index contributed by atoms with van der Waals surface area (Å²) in [5.74, 6) is -0.487. The van der Waals surface area contributed by atoms with Gasteiger partial charge in [0.25, 0.3) is 0 Å². The average Bonchev–Trinajstić information content (AvgIpc) is 2.77. The summed E-state index contributed by atoms with van der Waals surface area (Å²) in [6, 6.07) is 18.2. The first kappa shape index (κ1) is 21.9. The smallest absolute Gasteiger partial charge is 0.309 e. The molecule has 1 aromatic heterocycles. The zero-order valence-electron chi connectivity index (χ0n) is 18.2. The van der Waals surface area contributed by atoms with Crippen molar-refractivity contribution in [3.05, 3.63) is 83.7 Å². The fraction of sp³-hybridized carbons (Fsp3) is 0.259. The van der Waals surface area contributed by atoms with E-state index in [9.17, 15) is 14.3 Å². The summed E-state index contributed by atoms with van der Waals surface area (Å²) in [6.45, 7) is 4.22. The molecule has 164 valence electrons. The highest BCUT2D eigenvalue weighted by Gasteiger charge is 2.25. The molecule has 2 aromatic carbocycles. The van der Waals surface area contributed by atoms with Gasteiger partial charge in [-0.1, -0.05) is 50.3 Å². The molecule has 1 saturated heterocycles. The molecular weight excluding hydrogens is 405 g/mol. The van der Waals surface area contributed by atoms with E-state index in [1.54, 1.807) is 12.1 Å². The molecule has 0 bridgehead atoms. The average molecular weight is 432 g/mol. The highest BCUT2D eigenvalue weighted by molar-refractivity contribution is 5.78. The molecule has 0 spiro atoms. The van der Waals surface area contributed by atoms with Gasteiger partial charge in [-0.15, -0.1) is 0 Å². The van der Waals surface area contributed by atoms with Crippen molar-refractivity contribution in [2.45, 2.75) is 44.8 Å². The van der Waals surface area contributed by atoms with E-state index >= 15 is 0 Å². The third-order valence-electron chi connectivity index (χ3n) is 5.57. The summed E-state index contributed by atoms with van der Waals surface area (Å²) < 4.78 is 18.9. The lowest BCUT2D eigenvalue weighted by molar-refractivity contribution is -0.156. The summed E-state index contributed by atoms with van der Waals surface area (Å²) in [5, 5.41) is 9.93. The molecule has 32 heavy (non-hydrogen) atoms. The van der Waals surface area contributed by atoms with Crippen LogP contribution in [0.1, 0.15) is 43.7 Å². The number of cyclic esters (lactones) is 1. The van der Waals surface area contributed by atoms with Gasteiger partial charge in [0.1, 0.15) is 11.9 Å². The molecular formula is C27H26FNO3. The normalized spacial score (nSPS) is 18.8. The minimum Gasteiger partial charge on any atom is -0.458 e. The van der Waals surface area contributed by atoms with E-state index in [0.29, 0.717) is 6.42 Å². The van der Waals surface area contributed by atoms with Gasteiger partial charge in [-0.25, -0.2) is 9.37 Å². The number of ether oxygens (including phenoxy) is 1. The molecule has 1 aliphatic rings. The van der Waals surface area contributed by atoms with Gasteiger partial charge < -0.3 is 9.84 Å². The van der Waals surface area contributed by atoms with Crippen molar-refractivity contribution in [3.8, 4) is 22.5 Å². The van der Waals surface area contributed by atoms with Crippen LogP contribution in [0.25, 0.3) is 28.6 Å². The van der Waals surface area contributed by atoms with Gasteiger partial charge in [0, 0.05) is 23.1 Å². The summed E-state index contributed by atoms with van der Waals surface area (Å²) in [4.78, 5) is 16.7. The highest BCUT2D eigenvalue weighted by Crippen LogP contribution is 2.34. The van der Waals surface area contributed by atoms with E-state index < -0.39 is 18.2 Å². The quantitative estimate of drug-likeness (QED) is 0.522.